The van der Waals surface area contributed by atoms with Gasteiger partial charge in [-0.2, -0.15) is 13.2 Å². The first kappa shape index (κ1) is 28.9. The maximum atomic E-state index is 13.1. The first-order chi connectivity index (χ1) is 16.8. The molecule has 0 radical (unpaired) electrons. The lowest BCUT2D eigenvalue weighted by molar-refractivity contribution is -0.192. The summed E-state index contributed by atoms with van der Waals surface area (Å²) in [4.78, 5) is 23.5. The van der Waals surface area contributed by atoms with Gasteiger partial charge in [-0.25, -0.2) is 13.2 Å². The number of amides is 1. The van der Waals surface area contributed by atoms with E-state index < -0.39 is 22.2 Å². The number of halogens is 3. The second-order valence-corrected chi connectivity index (χ2v) is 9.67. The minimum atomic E-state index is -5.08. The molecule has 2 aromatic carbocycles. The van der Waals surface area contributed by atoms with Crippen LogP contribution < -0.4 is 20.3 Å². The number of hydrogen-bond acceptors (Lipinski definition) is 6. The maximum absolute atomic E-state index is 13.1. The predicted molar refractivity (Wildman–Crippen MR) is 130 cm³/mol. The average molecular weight is 531 g/mol. The number of aryl methyl sites for hydroxylation is 2. The number of nitrogens with zero attached hydrogens (tertiary/aromatic N) is 1. The second-order valence-electron chi connectivity index (χ2n) is 7.98. The van der Waals surface area contributed by atoms with Crippen LogP contribution in [0.5, 0.6) is 0 Å². The van der Waals surface area contributed by atoms with Crippen LogP contribution in [0.25, 0.3) is 0 Å². The van der Waals surface area contributed by atoms with Gasteiger partial charge in [0.1, 0.15) is 0 Å². The summed E-state index contributed by atoms with van der Waals surface area (Å²) >= 11 is 0. The highest BCUT2D eigenvalue weighted by molar-refractivity contribution is 7.92. The Morgan fingerprint density at radius 2 is 1.67 bits per heavy atom. The van der Waals surface area contributed by atoms with Gasteiger partial charge in [0.25, 0.3) is 15.9 Å². The molecule has 13 heteroatoms. The van der Waals surface area contributed by atoms with Gasteiger partial charge in [0, 0.05) is 38.3 Å². The maximum Gasteiger partial charge on any atom is 0.490 e. The van der Waals surface area contributed by atoms with E-state index in [9.17, 15) is 26.4 Å². The highest BCUT2D eigenvalue weighted by atomic mass is 32.2. The fourth-order valence-corrected chi connectivity index (χ4v) is 4.44. The molecule has 0 aromatic heterocycles. The molecule has 198 valence electrons. The molecule has 0 aliphatic carbocycles. The number of carboxylic acids is 1. The first-order valence-electron chi connectivity index (χ1n) is 11.0. The van der Waals surface area contributed by atoms with Gasteiger partial charge in [-0.05, 0) is 62.2 Å². The quantitative estimate of drug-likeness (QED) is 0.452. The van der Waals surface area contributed by atoms with Crippen LogP contribution in [0, 0.1) is 13.8 Å². The van der Waals surface area contributed by atoms with Crippen molar-refractivity contribution in [2.75, 3.05) is 42.3 Å². The summed E-state index contributed by atoms with van der Waals surface area (Å²) in [6, 6.07) is 10.2. The number of hydrogen-bond donors (Lipinski definition) is 4. The molecule has 36 heavy (non-hydrogen) atoms. The Kier molecular flexibility index (Phi) is 9.70. The normalized spacial score (nSPS) is 13.9. The molecule has 0 saturated carbocycles. The molecular weight excluding hydrogens is 501 g/mol. The van der Waals surface area contributed by atoms with E-state index in [0.29, 0.717) is 17.8 Å². The number of carbonyl (C=O) groups is 2. The molecule has 1 aliphatic heterocycles. The Balaban J connectivity index is 0.000000572. The molecule has 0 unspecified atom stereocenters. The molecule has 1 heterocycles. The van der Waals surface area contributed by atoms with E-state index in [1.54, 1.807) is 30.3 Å². The van der Waals surface area contributed by atoms with E-state index in [1.807, 2.05) is 26.8 Å². The number of benzene rings is 2. The summed E-state index contributed by atoms with van der Waals surface area (Å²) in [5.41, 5.74) is 3.54. The molecule has 4 N–H and O–H groups in total. The van der Waals surface area contributed by atoms with Crippen LogP contribution in [-0.4, -0.2) is 64.3 Å². The summed E-state index contributed by atoms with van der Waals surface area (Å²) in [5, 5.41) is 13.2. The smallest absolute Gasteiger partial charge is 0.475 e. The lowest BCUT2D eigenvalue weighted by Crippen LogP contribution is -2.43. The third-order valence-electron chi connectivity index (χ3n) is 5.33. The van der Waals surface area contributed by atoms with E-state index in [0.717, 1.165) is 43.0 Å². The molecule has 0 atom stereocenters. The number of piperazine rings is 1. The van der Waals surface area contributed by atoms with Gasteiger partial charge in [-0.3, -0.25) is 9.52 Å². The highest BCUT2D eigenvalue weighted by Gasteiger charge is 2.38. The number of aliphatic carboxylic acids is 1. The van der Waals surface area contributed by atoms with Crippen LogP contribution in [0.3, 0.4) is 0 Å². The molecule has 3 rings (SSSR count). The SMILES string of the molecule is CCNC(=O)c1ccc(N2CCNCC2)c(NS(=O)(=O)c2ccc(C)c(C)c2)c1.O=C(O)C(F)(F)F. The Labute approximate surface area is 207 Å². The minimum Gasteiger partial charge on any atom is -0.475 e. The molecule has 0 spiro atoms. The van der Waals surface area contributed by atoms with Gasteiger partial charge in [-0.1, -0.05) is 6.07 Å². The van der Waals surface area contributed by atoms with Crippen molar-refractivity contribution in [3.63, 3.8) is 0 Å². The highest BCUT2D eigenvalue weighted by Crippen LogP contribution is 2.30. The Bertz CT molecular complexity index is 1200. The fraction of sp³-hybridized carbons (Fsp3) is 0.391. The molecule has 1 aliphatic rings. The summed E-state index contributed by atoms with van der Waals surface area (Å²) in [7, 11) is -3.79. The molecular formula is C23H29F3N4O5S. The number of carboxylic acid groups (broad SMARTS) is 1. The number of sulfonamides is 1. The lowest BCUT2D eigenvalue weighted by atomic mass is 10.1. The second kappa shape index (κ2) is 12.1. The summed E-state index contributed by atoms with van der Waals surface area (Å²) in [6.45, 7) is 9.34. The zero-order chi connectivity index (χ0) is 27.1. The van der Waals surface area contributed by atoms with Crippen molar-refractivity contribution in [2.24, 2.45) is 0 Å². The molecule has 1 fully saturated rings. The first-order valence-corrected chi connectivity index (χ1v) is 12.5. The third-order valence-corrected chi connectivity index (χ3v) is 6.69. The fourth-order valence-electron chi connectivity index (χ4n) is 3.29. The average Bonchev–Trinajstić information content (AvgIpc) is 2.81. The van der Waals surface area contributed by atoms with Crippen LogP contribution in [0.1, 0.15) is 28.4 Å². The van der Waals surface area contributed by atoms with E-state index >= 15 is 0 Å². The molecule has 0 bridgehead atoms. The minimum absolute atomic E-state index is 0.204. The zero-order valence-electron chi connectivity index (χ0n) is 20.1. The van der Waals surface area contributed by atoms with Crippen LogP contribution in [0.15, 0.2) is 41.3 Å². The molecule has 1 saturated heterocycles. The van der Waals surface area contributed by atoms with Crippen LogP contribution in [-0.2, 0) is 14.8 Å². The van der Waals surface area contributed by atoms with Gasteiger partial charge in [0.15, 0.2) is 0 Å². The van der Waals surface area contributed by atoms with Crippen molar-refractivity contribution >= 4 is 33.3 Å². The summed E-state index contributed by atoms with van der Waals surface area (Å²) < 4.78 is 60.6. The van der Waals surface area contributed by atoms with Crippen molar-refractivity contribution in [3.8, 4) is 0 Å². The number of alkyl halides is 3. The zero-order valence-corrected chi connectivity index (χ0v) is 20.9. The van der Waals surface area contributed by atoms with Gasteiger partial charge in [0.2, 0.25) is 0 Å². The van der Waals surface area contributed by atoms with Crippen molar-refractivity contribution < 1.29 is 36.3 Å². The predicted octanol–water partition coefficient (Wildman–Crippen LogP) is 2.90. The van der Waals surface area contributed by atoms with Crippen molar-refractivity contribution in [1.29, 1.82) is 0 Å². The standard InChI is InChI=1S/C21H28N4O3S.C2HF3O2/c1-4-23-21(26)17-6-8-20(25-11-9-22-10-12-25)19(14-17)24-29(27,28)18-7-5-15(2)16(3)13-18;3-2(4,5)1(6)7/h5-8,13-14,22,24H,4,9-12H2,1-3H3,(H,23,26);(H,6,7). The third kappa shape index (κ3) is 7.85. The Morgan fingerprint density at radius 3 is 2.19 bits per heavy atom. The van der Waals surface area contributed by atoms with Crippen molar-refractivity contribution in [3.05, 3.63) is 53.1 Å². The van der Waals surface area contributed by atoms with E-state index in [-0.39, 0.29) is 10.8 Å². The monoisotopic (exact) mass is 530 g/mol. The number of nitrogens with one attached hydrogen (secondary N) is 3. The Hall–Kier alpha value is -3.32. The van der Waals surface area contributed by atoms with Crippen LogP contribution in [0.4, 0.5) is 24.5 Å². The van der Waals surface area contributed by atoms with Gasteiger partial charge in [0.05, 0.1) is 16.3 Å². The molecule has 1 amide bonds. The molecule has 2 aromatic rings. The topological polar surface area (TPSA) is 128 Å². The van der Waals surface area contributed by atoms with Crippen LogP contribution in [0.2, 0.25) is 0 Å². The largest absolute Gasteiger partial charge is 0.490 e. The van der Waals surface area contributed by atoms with E-state index in [2.05, 4.69) is 20.3 Å². The van der Waals surface area contributed by atoms with Crippen molar-refractivity contribution in [2.45, 2.75) is 31.8 Å². The van der Waals surface area contributed by atoms with Gasteiger partial charge < -0.3 is 20.6 Å². The Morgan fingerprint density at radius 1 is 1.06 bits per heavy atom. The van der Waals surface area contributed by atoms with Gasteiger partial charge in [-0.15, -0.1) is 0 Å². The molecule has 9 nitrogen and oxygen atoms in total. The van der Waals surface area contributed by atoms with Crippen LogP contribution >= 0.6 is 0 Å². The number of anilines is 2. The number of carbonyl (C=O) groups excluding carboxylic acids is 1. The van der Waals surface area contributed by atoms with Crippen molar-refractivity contribution in [1.82, 2.24) is 10.6 Å². The summed E-state index contributed by atoms with van der Waals surface area (Å²) in [5.74, 6) is -2.99. The van der Waals surface area contributed by atoms with Gasteiger partial charge >= 0.3 is 12.1 Å². The van der Waals surface area contributed by atoms with E-state index in [4.69, 9.17) is 9.90 Å². The lowest BCUT2D eigenvalue weighted by Gasteiger charge is -2.31. The summed E-state index contributed by atoms with van der Waals surface area (Å²) in [6.07, 6.45) is -5.08. The van der Waals surface area contributed by atoms with E-state index in [1.165, 1.54) is 0 Å². The number of rotatable bonds is 6.